The lowest BCUT2D eigenvalue weighted by Crippen LogP contribution is -2.25. The highest BCUT2D eigenvalue weighted by atomic mass is 79.9. The molecule has 0 unspecified atom stereocenters. The zero-order valence-electron chi connectivity index (χ0n) is 10.5. The zero-order valence-corrected chi connectivity index (χ0v) is 12.1. The smallest absolute Gasteiger partial charge is 0.356 e. The lowest BCUT2D eigenvalue weighted by atomic mass is 10.1. The molecule has 2 heterocycles. The lowest BCUT2D eigenvalue weighted by Gasteiger charge is -2.14. The normalized spacial score (nSPS) is 13.7. The van der Waals surface area contributed by atoms with Gasteiger partial charge < -0.3 is 10.0 Å². The van der Waals surface area contributed by atoms with E-state index in [2.05, 4.69) is 20.9 Å². The Balaban J connectivity index is 2.31. The minimum absolute atomic E-state index is 0.0274. The fourth-order valence-corrected chi connectivity index (χ4v) is 2.66. The third-order valence-electron chi connectivity index (χ3n) is 3.25. The summed E-state index contributed by atoms with van der Waals surface area (Å²) in [5.74, 6) is -1.25. The number of aromatic carboxylic acids is 1. The van der Waals surface area contributed by atoms with Crippen LogP contribution in [0.25, 0.3) is 5.69 Å². The number of fused-ring (bicyclic) bond motifs is 3. The first-order valence-corrected chi connectivity index (χ1v) is 6.63. The van der Waals surface area contributed by atoms with Crippen LogP contribution >= 0.6 is 15.9 Å². The number of hydrogen-bond acceptors (Lipinski definition) is 3. The SMILES string of the molecule is CN1Cc2c(C(=O)O)ncn2-c2ccc(Br)cc2C1=O. The van der Waals surface area contributed by atoms with Gasteiger partial charge in [0.15, 0.2) is 5.69 Å². The van der Waals surface area contributed by atoms with E-state index in [1.807, 2.05) is 6.07 Å². The highest BCUT2D eigenvalue weighted by molar-refractivity contribution is 9.10. The average Bonchev–Trinajstić information content (AvgIpc) is 2.77. The fourth-order valence-electron chi connectivity index (χ4n) is 2.30. The van der Waals surface area contributed by atoms with E-state index in [0.717, 1.165) is 4.47 Å². The van der Waals surface area contributed by atoms with Crippen molar-refractivity contribution < 1.29 is 14.7 Å². The third kappa shape index (κ3) is 1.82. The Morgan fingerprint density at radius 1 is 1.45 bits per heavy atom. The first-order valence-electron chi connectivity index (χ1n) is 5.84. The third-order valence-corrected chi connectivity index (χ3v) is 3.74. The zero-order chi connectivity index (χ0) is 14.4. The van der Waals surface area contributed by atoms with Crippen molar-refractivity contribution in [2.75, 3.05) is 7.05 Å². The van der Waals surface area contributed by atoms with Crippen LogP contribution in [0.5, 0.6) is 0 Å². The number of imidazole rings is 1. The number of halogens is 1. The summed E-state index contributed by atoms with van der Waals surface area (Å²) < 4.78 is 2.45. The molecule has 7 heteroatoms. The van der Waals surface area contributed by atoms with Gasteiger partial charge in [-0.3, -0.25) is 9.36 Å². The molecule has 102 valence electrons. The monoisotopic (exact) mass is 335 g/mol. The number of amides is 1. The van der Waals surface area contributed by atoms with E-state index in [4.69, 9.17) is 0 Å². The molecule has 0 saturated carbocycles. The molecule has 6 nitrogen and oxygen atoms in total. The van der Waals surface area contributed by atoms with Gasteiger partial charge in [-0.15, -0.1) is 0 Å². The van der Waals surface area contributed by atoms with Crippen LogP contribution in [-0.2, 0) is 6.54 Å². The topological polar surface area (TPSA) is 75.4 Å². The quantitative estimate of drug-likeness (QED) is 0.863. The van der Waals surface area contributed by atoms with Crippen LogP contribution in [0.2, 0.25) is 0 Å². The molecule has 0 bridgehead atoms. The van der Waals surface area contributed by atoms with Crippen LogP contribution in [-0.4, -0.2) is 38.5 Å². The van der Waals surface area contributed by atoms with E-state index in [1.165, 1.54) is 11.2 Å². The summed E-state index contributed by atoms with van der Waals surface area (Å²) >= 11 is 3.34. The molecule has 0 atom stereocenters. The van der Waals surface area contributed by atoms with Gasteiger partial charge in [-0.05, 0) is 18.2 Å². The maximum Gasteiger partial charge on any atom is 0.356 e. The second kappa shape index (κ2) is 4.45. The maximum absolute atomic E-state index is 12.4. The van der Waals surface area contributed by atoms with Crippen molar-refractivity contribution in [2.24, 2.45) is 0 Å². The van der Waals surface area contributed by atoms with Crippen molar-refractivity contribution in [3.8, 4) is 5.69 Å². The van der Waals surface area contributed by atoms with Crippen molar-refractivity contribution in [3.05, 3.63) is 46.0 Å². The van der Waals surface area contributed by atoms with Crippen LogP contribution in [0.3, 0.4) is 0 Å². The number of carbonyl (C=O) groups is 2. The first kappa shape index (κ1) is 12.9. The molecule has 1 aliphatic rings. The van der Waals surface area contributed by atoms with Gasteiger partial charge in [0.1, 0.15) is 6.33 Å². The summed E-state index contributed by atoms with van der Waals surface area (Å²) in [5, 5.41) is 9.18. The van der Waals surface area contributed by atoms with Crippen LogP contribution < -0.4 is 0 Å². The number of carboxylic acid groups (broad SMARTS) is 1. The maximum atomic E-state index is 12.4. The predicted molar refractivity (Wildman–Crippen MR) is 74.0 cm³/mol. The molecule has 1 aliphatic heterocycles. The number of benzene rings is 1. The Morgan fingerprint density at radius 3 is 2.90 bits per heavy atom. The Kier molecular flexibility index (Phi) is 2.86. The van der Waals surface area contributed by atoms with Crippen molar-refractivity contribution in [2.45, 2.75) is 6.54 Å². The average molecular weight is 336 g/mol. The second-order valence-electron chi connectivity index (χ2n) is 4.54. The van der Waals surface area contributed by atoms with E-state index < -0.39 is 5.97 Å². The number of aromatic nitrogens is 2. The van der Waals surface area contributed by atoms with Crippen molar-refractivity contribution in [3.63, 3.8) is 0 Å². The minimum Gasteiger partial charge on any atom is -0.476 e. The Labute approximate surface area is 122 Å². The molecule has 1 aromatic carbocycles. The van der Waals surface area contributed by atoms with Crippen molar-refractivity contribution in [1.29, 1.82) is 0 Å². The van der Waals surface area contributed by atoms with Gasteiger partial charge in [-0.25, -0.2) is 9.78 Å². The summed E-state index contributed by atoms with van der Waals surface area (Å²) in [7, 11) is 1.64. The Hall–Kier alpha value is -2.15. The molecule has 2 aromatic rings. The minimum atomic E-state index is -1.10. The molecule has 3 rings (SSSR count). The van der Waals surface area contributed by atoms with E-state index in [0.29, 0.717) is 16.9 Å². The van der Waals surface area contributed by atoms with Gasteiger partial charge >= 0.3 is 5.97 Å². The number of nitrogens with zero attached hydrogens (tertiary/aromatic N) is 3. The molecule has 0 spiro atoms. The standard InChI is InChI=1S/C13H10BrN3O3/c1-16-5-10-11(13(19)20)15-6-17(10)9-3-2-7(14)4-8(9)12(16)18/h2-4,6H,5H2,1H3,(H,19,20). The van der Waals surface area contributed by atoms with Gasteiger partial charge in [0.2, 0.25) is 0 Å². The van der Waals surface area contributed by atoms with Crippen LogP contribution in [0.15, 0.2) is 29.0 Å². The largest absolute Gasteiger partial charge is 0.476 e. The summed E-state index contributed by atoms with van der Waals surface area (Å²) in [6, 6.07) is 5.30. The summed E-state index contributed by atoms with van der Waals surface area (Å²) in [4.78, 5) is 29.0. The van der Waals surface area contributed by atoms with Gasteiger partial charge in [-0.1, -0.05) is 15.9 Å². The number of carbonyl (C=O) groups excluding carboxylic acids is 1. The Bertz CT molecular complexity index is 738. The number of rotatable bonds is 1. The van der Waals surface area contributed by atoms with E-state index in [9.17, 15) is 14.7 Å². The summed E-state index contributed by atoms with van der Waals surface area (Å²) in [6.45, 7) is 0.201. The molecule has 0 saturated heterocycles. The fraction of sp³-hybridized carbons (Fsp3) is 0.154. The van der Waals surface area contributed by atoms with Gasteiger partial charge in [0.05, 0.1) is 23.5 Å². The van der Waals surface area contributed by atoms with E-state index in [1.54, 1.807) is 23.7 Å². The number of hydrogen-bond donors (Lipinski definition) is 1. The van der Waals surface area contributed by atoms with Gasteiger partial charge in [0, 0.05) is 11.5 Å². The molecule has 0 aliphatic carbocycles. The van der Waals surface area contributed by atoms with Crippen molar-refractivity contribution >= 4 is 27.8 Å². The second-order valence-corrected chi connectivity index (χ2v) is 5.45. The highest BCUT2D eigenvalue weighted by Gasteiger charge is 2.28. The first-order chi connectivity index (χ1) is 9.49. The number of carboxylic acids is 1. The molecule has 0 radical (unpaired) electrons. The van der Waals surface area contributed by atoms with Crippen molar-refractivity contribution in [1.82, 2.24) is 14.5 Å². The predicted octanol–water partition coefficient (Wildman–Crippen LogP) is 1.92. The molecule has 1 aromatic heterocycles. The summed E-state index contributed by atoms with van der Waals surface area (Å²) in [5.41, 5.74) is 1.61. The molecule has 1 N–H and O–H groups in total. The molecule has 1 amide bonds. The highest BCUT2D eigenvalue weighted by Crippen LogP contribution is 2.27. The molecule has 20 heavy (non-hydrogen) atoms. The van der Waals surface area contributed by atoms with Gasteiger partial charge in [-0.2, -0.15) is 0 Å². The van der Waals surface area contributed by atoms with E-state index in [-0.39, 0.29) is 18.1 Å². The van der Waals surface area contributed by atoms with E-state index >= 15 is 0 Å². The van der Waals surface area contributed by atoms with Crippen LogP contribution in [0, 0.1) is 0 Å². The molecule has 0 fully saturated rings. The lowest BCUT2D eigenvalue weighted by molar-refractivity contribution is 0.0683. The van der Waals surface area contributed by atoms with Crippen LogP contribution in [0.4, 0.5) is 0 Å². The molecular formula is C13H10BrN3O3. The molecular weight excluding hydrogens is 326 g/mol. The van der Waals surface area contributed by atoms with Crippen LogP contribution in [0.1, 0.15) is 26.5 Å². The summed E-state index contributed by atoms with van der Waals surface area (Å²) in [6.07, 6.45) is 1.44. The Morgan fingerprint density at radius 2 is 2.20 bits per heavy atom. The van der Waals surface area contributed by atoms with Gasteiger partial charge in [0.25, 0.3) is 5.91 Å².